The van der Waals surface area contributed by atoms with E-state index >= 15 is 0 Å². The number of hydrogen-bond acceptors (Lipinski definition) is 6. The van der Waals surface area contributed by atoms with E-state index in [9.17, 15) is 36.6 Å². The third-order valence-electron chi connectivity index (χ3n) is 6.79. The van der Waals surface area contributed by atoms with Gasteiger partial charge < -0.3 is 25.9 Å². The fourth-order valence-electron chi connectivity index (χ4n) is 4.32. The van der Waals surface area contributed by atoms with Gasteiger partial charge in [-0.1, -0.05) is 0 Å². The maximum absolute atomic E-state index is 14.5. The molecule has 14 heteroatoms. The fraction of sp³-hybridized carbons (Fsp3) is 0.231. The number of alkyl halides is 3. The largest absolute Gasteiger partial charge is 0.489 e. The van der Waals surface area contributed by atoms with Crippen LogP contribution in [0.5, 0.6) is 5.75 Å². The summed E-state index contributed by atoms with van der Waals surface area (Å²) in [7, 11) is 0. The second-order valence-electron chi connectivity index (χ2n) is 9.51. The number of aromatic nitrogens is 3. The van der Waals surface area contributed by atoms with E-state index in [0.717, 1.165) is 30.3 Å². The summed E-state index contributed by atoms with van der Waals surface area (Å²) in [4.78, 5) is 35.4. The molecule has 40 heavy (non-hydrogen) atoms. The third kappa shape index (κ3) is 4.39. The summed E-state index contributed by atoms with van der Waals surface area (Å²) >= 11 is 0. The molecule has 2 atom stereocenters. The molecule has 0 radical (unpaired) electrons. The number of carbonyl (C=O) groups excluding carboxylic acids is 2. The molecule has 0 saturated heterocycles. The number of fused-ring (bicyclic) bond motifs is 2. The Labute approximate surface area is 222 Å². The second-order valence-corrected chi connectivity index (χ2v) is 9.51. The van der Waals surface area contributed by atoms with Crippen molar-refractivity contribution in [2.75, 3.05) is 13.2 Å². The van der Waals surface area contributed by atoms with E-state index in [0.29, 0.717) is 0 Å². The molecule has 0 spiro atoms. The molecule has 0 saturated carbocycles. The van der Waals surface area contributed by atoms with Crippen LogP contribution < -0.4 is 15.8 Å². The Bertz CT molecular complexity index is 1660. The van der Waals surface area contributed by atoms with Crippen molar-refractivity contribution in [1.82, 2.24) is 20.3 Å². The van der Waals surface area contributed by atoms with Crippen LogP contribution in [0.15, 0.2) is 48.5 Å². The molecule has 1 aliphatic rings. The summed E-state index contributed by atoms with van der Waals surface area (Å²) in [6, 6.07) is 8.84. The summed E-state index contributed by atoms with van der Waals surface area (Å²) in [6.45, 7) is -0.368. The van der Waals surface area contributed by atoms with E-state index in [-0.39, 0.29) is 40.2 Å². The first-order valence-corrected chi connectivity index (χ1v) is 11.7. The molecule has 5 rings (SSSR count). The molecule has 2 aromatic carbocycles. The molecular formula is C26H20F5N5O4. The van der Waals surface area contributed by atoms with Crippen LogP contribution in [-0.4, -0.2) is 51.2 Å². The molecule has 208 valence electrons. The SMILES string of the molecule is C[C@]1(C(N)=O)COc2c1cc(C(O)(CNC(=O)c1nc3ccc(F)cc3[nH]1)C(F)(F)F)nc2-c1ccc(F)cc1. The van der Waals surface area contributed by atoms with Crippen LogP contribution in [0.25, 0.3) is 22.3 Å². The summed E-state index contributed by atoms with van der Waals surface area (Å²) in [5, 5.41) is 13.0. The Morgan fingerprint density at radius 2 is 1.77 bits per heavy atom. The van der Waals surface area contributed by atoms with Crippen LogP contribution in [0.1, 0.15) is 28.8 Å². The summed E-state index contributed by atoms with van der Waals surface area (Å²) in [5.41, 5.74) is -0.605. The van der Waals surface area contributed by atoms with Gasteiger partial charge in [0.15, 0.2) is 5.82 Å². The fourth-order valence-corrected chi connectivity index (χ4v) is 4.32. The minimum Gasteiger partial charge on any atom is -0.489 e. The normalized spacial score (nSPS) is 18.2. The van der Waals surface area contributed by atoms with Crippen molar-refractivity contribution >= 4 is 22.8 Å². The summed E-state index contributed by atoms with van der Waals surface area (Å²) in [6.07, 6.45) is -5.39. The van der Waals surface area contributed by atoms with Gasteiger partial charge in [-0.15, -0.1) is 0 Å². The molecule has 0 fully saturated rings. The van der Waals surface area contributed by atoms with E-state index < -0.39 is 58.7 Å². The Morgan fingerprint density at radius 3 is 2.42 bits per heavy atom. The van der Waals surface area contributed by atoms with Gasteiger partial charge in [-0.2, -0.15) is 13.2 Å². The number of primary amides is 1. The van der Waals surface area contributed by atoms with Crippen molar-refractivity contribution in [2.24, 2.45) is 5.73 Å². The van der Waals surface area contributed by atoms with E-state index in [2.05, 4.69) is 15.0 Å². The van der Waals surface area contributed by atoms with Crippen LogP contribution in [0, 0.1) is 11.6 Å². The number of nitrogens with two attached hydrogens (primary N) is 1. The van der Waals surface area contributed by atoms with Crippen LogP contribution in [0.3, 0.4) is 0 Å². The number of pyridine rings is 1. The van der Waals surface area contributed by atoms with Gasteiger partial charge in [0.2, 0.25) is 11.5 Å². The van der Waals surface area contributed by atoms with Gasteiger partial charge in [-0.3, -0.25) is 9.59 Å². The lowest BCUT2D eigenvalue weighted by molar-refractivity contribution is -0.265. The van der Waals surface area contributed by atoms with Gasteiger partial charge >= 0.3 is 6.18 Å². The molecule has 3 heterocycles. The smallest absolute Gasteiger partial charge is 0.424 e. The quantitative estimate of drug-likeness (QED) is 0.266. The number of rotatable bonds is 6. The number of H-pyrrole nitrogens is 1. The Morgan fingerprint density at radius 1 is 1.10 bits per heavy atom. The summed E-state index contributed by atoms with van der Waals surface area (Å²) in [5.74, 6) is -3.75. The number of hydrogen-bond donors (Lipinski definition) is 4. The number of carbonyl (C=O) groups is 2. The van der Waals surface area contributed by atoms with Crippen LogP contribution in [0.4, 0.5) is 22.0 Å². The van der Waals surface area contributed by atoms with Crippen molar-refractivity contribution in [1.29, 1.82) is 0 Å². The molecular weight excluding hydrogens is 541 g/mol. The minimum absolute atomic E-state index is 0.0558. The number of aromatic amines is 1. The average molecular weight is 561 g/mol. The van der Waals surface area contributed by atoms with Crippen molar-refractivity contribution < 1.29 is 41.4 Å². The molecule has 4 aromatic rings. The van der Waals surface area contributed by atoms with Crippen molar-refractivity contribution in [3.63, 3.8) is 0 Å². The van der Waals surface area contributed by atoms with E-state index in [1.165, 1.54) is 25.1 Å². The molecule has 0 bridgehead atoms. The lowest BCUT2D eigenvalue weighted by atomic mass is 9.81. The Hall–Kier alpha value is -4.59. The number of nitrogens with one attached hydrogen (secondary N) is 2. The van der Waals surface area contributed by atoms with E-state index in [1.54, 1.807) is 0 Å². The molecule has 1 aliphatic heterocycles. The maximum atomic E-state index is 14.5. The first-order valence-electron chi connectivity index (χ1n) is 11.7. The van der Waals surface area contributed by atoms with Crippen LogP contribution >= 0.6 is 0 Å². The Balaban J connectivity index is 1.58. The molecule has 2 amide bonds. The number of amides is 2. The van der Waals surface area contributed by atoms with Crippen molar-refractivity contribution in [2.45, 2.75) is 24.1 Å². The van der Waals surface area contributed by atoms with Gasteiger partial charge in [0.25, 0.3) is 5.91 Å². The number of aliphatic hydroxyl groups is 1. The van der Waals surface area contributed by atoms with Gasteiger partial charge in [-0.25, -0.2) is 18.7 Å². The second kappa shape index (κ2) is 9.26. The first-order chi connectivity index (χ1) is 18.7. The molecule has 1 unspecified atom stereocenters. The number of nitrogens with zero attached hydrogens (tertiary/aromatic N) is 2. The Kier molecular flexibility index (Phi) is 6.25. The molecule has 2 aromatic heterocycles. The number of ether oxygens (including phenoxy) is 1. The highest BCUT2D eigenvalue weighted by Crippen LogP contribution is 2.47. The highest BCUT2D eigenvalue weighted by atomic mass is 19.4. The zero-order chi connectivity index (χ0) is 29.0. The number of halogens is 5. The molecule has 0 aliphatic carbocycles. The van der Waals surface area contributed by atoms with E-state index in [4.69, 9.17) is 10.5 Å². The molecule has 9 nitrogen and oxygen atoms in total. The number of imidazole rings is 1. The standard InChI is InChI=1S/C26H20F5N5O4/c1-24(23(32)38)11-40-20-15(24)9-18(36-19(20)12-2-4-13(27)5-3-12)25(39,26(29,30)31)10-33-22(37)21-34-16-7-6-14(28)8-17(16)35-21/h2-9,39H,10-11H2,1H3,(H2,32,38)(H,33,37)(H,34,35)/t24-,25?/m0/s1. The maximum Gasteiger partial charge on any atom is 0.424 e. The lowest BCUT2D eigenvalue weighted by Gasteiger charge is -2.31. The van der Waals surface area contributed by atoms with Gasteiger partial charge in [0, 0.05) is 11.1 Å². The molecule has 5 N–H and O–H groups in total. The summed E-state index contributed by atoms with van der Waals surface area (Å²) < 4.78 is 76.0. The zero-order valence-electron chi connectivity index (χ0n) is 20.6. The highest BCUT2D eigenvalue weighted by molar-refractivity contribution is 5.94. The number of benzene rings is 2. The highest BCUT2D eigenvalue weighted by Gasteiger charge is 2.57. The van der Waals surface area contributed by atoms with Gasteiger partial charge in [0.05, 0.1) is 23.3 Å². The predicted octanol–water partition coefficient (Wildman–Crippen LogP) is 3.22. The van der Waals surface area contributed by atoms with Crippen LogP contribution in [0.2, 0.25) is 0 Å². The first kappa shape index (κ1) is 27.0. The van der Waals surface area contributed by atoms with Crippen molar-refractivity contribution in [3.05, 3.63) is 77.2 Å². The van der Waals surface area contributed by atoms with Gasteiger partial charge in [-0.05, 0) is 55.5 Å². The average Bonchev–Trinajstić information content (AvgIpc) is 3.48. The van der Waals surface area contributed by atoms with Crippen LogP contribution in [-0.2, 0) is 15.8 Å². The topological polar surface area (TPSA) is 143 Å². The predicted molar refractivity (Wildman–Crippen MR) is 130 cm³/mol. The lowest BCUT2D eigenvalue weighted by Crippen LogP contribution is -2.52. The minimum atomic E-state index is -5.39. The third-order valence-corrected chi connectivity index (χ3v) is 6.79. The zero-order valence-corrected chi connectivity index (χ0v) is 20.6. The van der Waals surface area contributed by atoms with Crippen molar-refractivity contribution in [3.8, 4) is 17.0 Å². The van der Waals surface area contributed by atoms with Gasteiger partial charge in [0.1, 0.15) is 35.1 Å². The monoisotopic (exact) mass is 561 g/mol. The van der Waals surface area contributed by atoms with E-state index in [1.807, 2.05) is 5.32 Å².